The number of hydrogen-bond donors (Lipinski definition) is 2. The largest absolute Gasteiger partial charge is 0.383 e. The van der Waals surface area contributed by atoms with E-state index in [1.807, 2.05) is 0 Å². The van der Waals surface area contributed by atoms with E-state index in [4.69, 9.17) is 4.74 Å². The Morgan fingerprint density at radius 1 is 1.33 bits per heavy atom. The van der Waals surface area contributed by atoms with E-state index in [0.29, 0.717) is 13.2 Å². The van der Waals surface area contributed by atoms with Crippen molar-refractivity contribution in [1.29, 1.82) is 0 Å². The van der Waals surface area contributed by atoms with Gasteiger partial charge in [0, 0.05) is 37.7 Å². The third kappa shape index (κ3) is 3.38. The summed E-state index contributed by atoms with van der Waals surface area (Å²) >= 11 is 0. The maximum Gasteiger partial charge on any atom is 0.137 e. The van der Waals surface area contributed by atoms with E-state index in [1.165, 1.54) is 12.1 Å². The number of nitrogens with one attached hydrogen (secondary N) is 2. The topological polar surface area (TPSA) is 49.9 Å². The van der Waals surface area contributed by atoms with Crippen molar-refractivity contribution in [2.24, 2.45) is 0 Å². The van der Waals surface area contributed by atoms with Gasteiger partial charge in [0.2, 0.25) is 0 Å². The fourth-order valence-electron chi connectivity index (χ4n) is 1.60. The van der Waals surface area contributed by atoms with Crippen LogP contribution in [0.25, 0.3) is 11.4 Å². The molecule has 2 rings (SSSR count). The van der Waals surface area contributed by atoms with Gasteiger partial charge in [-0.3, -0.25) is 0 Å². The van der Waals surface area contributed by atoms with Crippen LogP contribution in [0.2, 0.25) is 0 Å². The standard InChI is InChI=1S/C13H16FN3O/c1-18-7-6-15-8-12-9-16-13(17-12)10-2-4-11(14)5-3-10/h2-5,9,15H,6-8H2,1H3,(H,16,17). The molecule has 0 spiro atoms. The Hall–Kier alpha value is -1.72. The van der Waals surface area contributed by atoms with Crippen molar-refractivity contribution in [1.82, 2.24) is 15.3 Å². The van der Waals surface area contributed by atoms with Gasteiger partial charge >= 0.3 is 0 Å². The quantitative estimate of drug-likeness (QED) is 0.769. The van der Waals surface area contributed by atoms with E-state index < -0.39 is 0 Å². The minimum Gasteiger partial charge on any atom is -0.383 e. The Labute approximate surface area is 105 Å². The summed E-state index contributed by atoms with van der Waals surface area (Å²) in [6.45, 7) is 2.18. The predicted octanol–water partition coefficient (Wildman–Crippen LogP) is 1.95. The van der Waals surface area contributed by atoms with E-state index in [-0.39, 0.29) is 5.82 Å². The van der Waals surface area contributed by atoms with Crippen LogP contribution in [0.15, 0.2) is 30.5 Å². The summed E-state index contributed by atoms with van der Waals surface area (Å²) in [5.74, 6) is 0.505. The Kier molecular flexibility index (Phi) is 4.44. The summed E-state index contributed by atoms with van der Waals surface area (Å²) in [6, 6.07) is 6.26. The number of aromatic nitrogens is 2. The number of ether oxygens (including phenoxy) is 1. The number of aromatic amines is 1. The summed E-state index contributed by atoms with van der Waals surface area (Å²) in [4.78, 5) is 7.45. The van der Waals surface area contributed by atoms with Gasteiger partial charge in [0.25, 0.3) is 0 Å². The predicted molar refractivity (Wildman–Crippen MR) is 67.6 cm³/mol. The van der Waals surface area contributed by atoms with Crippen LogP contribution in [0.5, 0.6) is 0 Å². The first-order valence-corrected chi connectivity index (χ1v) is 5.79. The number of hydrogen-bond acceptors (Lipinski definition) is 3. The fourth-order valence-corrected chi connectivity index (χ4v) is 1.60. The number of benzene rings is 1. The number of imidazole rings is 1. The SMILES string of the molecule is COCCNCc1cnc(-c2ccc(F)cc2)[nH]1. The van der Waals surface area contributed by atoms with E-state index in [9.17, 15) is 4.39 Å². The molecule has 0 fully saturated rings. The van der Waals surface area contributed by atoms with Crippen LogP contribution < -0.4 is 5.32 Å². The number of methoxy groups -OCH3 is 1. The first-order valence-electron chi connectivity index (χ1n) is 5.79. The fraction of sp³-hybridized carbons (Fsp3) is 0.308. The molecule has 0 saturated heterocycles. The zero-order valence-corrected chi connectivity index (χ0v) is 10.2. The van der Waals surface area contributed by atoms with Crippen molar-refractivity contribution >= 4 is 0 Å². The summed E-state index contributed by atoms with van der Waals surface area (Å²) in [6.07, 6.45) is 1.78. The molecular weight excluding hydrogens is 233 g/mol. The van der Waals surface area contributed by atoms with Gasteiger partial charge in [-0.2, -0.15) is 0 Å². The lowest BCUT2D eigenvalue weighted by molar-refractivity contribution is 0.199. The van der Waals surface area contributed by atoms with Crippen molar-refractivity contribution in [3.05, 3.63) is 42.0 Å². The van der Waals surface area contributed by atoms with Gasteiger partial charge in [0.05, 0.1) is 6.61 Å². The molecule has 0 amide bonds. The Balaban J connectivity index is 1.95. The summed E-state index contributed by atoms with van der Waals surface area (Å²) in [5, 5.41) is 3.22. The highest BCUT2D eigenvalue weighted by molar-refractivity contribution is 5.54. The number of rotatable bonds is 6. The number of H-pyrrole nitrogens is 1. The maximum atomic E-state index is 12.8. The van der Waals surface area contributed by atoms with Crippen molar-refractivity contribution in [3.8, 4) is 11.4 Å². The molecule has 0 saturated carbocycles. The van der Waals surface area contributed by atoms with Crippen LogP contribution in [0.1, 0.15) is 5.69 Å². The summed E-state index contributed by atoms with van der Waals surface area (Å²) in [7, 11) is 1.67. The molecule has 0 bridgehead atoms. The first kappa shape index (κ1) is 12.7. The van der Waals surface area contributed by atoms with Crippen LogP contribution in [-0.4, -0.2) is 30.2 Å². The molecule has 2 N–H and O–H groups in total. The third-order valence-electron chi connectivity index (χ3n) is 2.54. The molecule has 1 aromatic heterocycles. The number of halogens is 1. The number of nitrogens with zero attached hydrogens (tertiary/aromatic N) is 1. The van der Waals surface area contributed by atoms with Crippen molar-refractivity contribution in [2.75, 3.05) is 20.3 Å². The van der Waals surface area contributed by atoms with Crippen LogP contribution in [-0.2, 0) is 11.3 Å². The Morgan fingerprint density at radius 2 is 2.11 bits per heavy atom. The molecule has 5 heteroatoms. The molecule has 18 heavy (non-hydrogen) atoms. The zero-order valence-electron chi connectivity index (χ0n) is 10.2. The van der Waals surface area contributed by atoms with Crippen LogP contribution in [0.3, 0.4) is 0 Å². The van der Waals surface area contributed by atoms with Crippen molar-refractivity contribution in [2.45, 2.75) is 6.54 Å². The third-order valence-corrected chi connectivity index (χ3v) is 2.54. The van der Waals surface area contributed by atoms with Gasteiger partial charge in [-0.05, 0) is 24.3 Å². The Bertz CT molecular complexity index is 481. The van der Waals surface area contributed by atoms with Gasteiger partial charge in [0.1, 0.15) is 11.6 Å². The minimum absolute atomic E-state index is 0.244. The van der Waals surface area contributed by atoms with Crippen LogP contribution >= 0.6 is 0 Å². The second-order valence-electron chi connectivity index (χ2n) is 3.93. The molecule has 2 aromatic rings. The van der Waals surface area contributed by atoms with E-state index in [0.717, 1.165) is 23.6 Å². The van der Waals surface area contributed by atoms with E-state index >= 15 is 0 Å². The molecule has 0 aliphatic rings. The molecule has 4 nitrogen and oxygen atoms in total. The molecule has 0 radical (unpaired) electrons. The molecule has 0 aliphatic carbocycles. The summed E-state index contributed by atoms with van der Waals surface area (Å²) < 4.78 is 17.7. The first-order chi connectivity index (χ1) is 8.79. The van der Waals surface area contributed by atoms with Gasteiger partial charge in [-0.15, -0.1) is 0 Å². The van der Waals surface area contributed by atoms with Crippen LogP contribution in [0.4, 0.5) is 4.39 Å². The van der Waals surface area contributed by atoms with Gasteiger partial charge in [-0.25, -0.2) is 9.37 Å². The normalized spacial score (nSPS) is 10.8. The highest BCUT2D eigenvalue weighted by Crippen LogP contribution is 2.15. The Morgan fingerprint density at radius 3 is 2.83 bits per heavy atom. The summed E-state index contributed by atoms with van der Waals surface area (Å²) in [5.41, 5.74) is 1.87. The molecule has 0 atom stereocenters. The van der Waals surface area contributed by atoms with Crippen molar-refractivity contribution < 1.29 is 9.13 Å². The average Bonchev–Trinajstić information content (AvgIpc) is 2.84. The van der Waals surface area contributed by atoms with Crippen molar-refractivity contribution in [3.63, 3.8) is 0 Å². The van der Waals surface area contributed by atoms with Crippen LogP contribution in [0, 0.1) is 5.82 Å². The highest BCUT2D eigenvalue weighted by Gasteiger charge is 2.03. The second-order valence-corrected chi connectivity index (χ2v) is 3.93. The molecule has 1 heterocycles. The smallest absolute Gasteiger partial charge is 0.137 e. The lowest BCUT2D eigenvalue weighted by Crippen LogP contribution is -2.18. The minimum atomic E-state index is -0.244. The van der Waals surface area contributed by atoms with Gasteiger partial charge in [0.15, 0.2) is 0 Å². The lowest BCUT2D eigenvalue weighted by atomic mass is 10.2. The monoisotopic (exact) mass is 249 g/mol. The molecule has 0 unspecified atom stereocenters. The molecule has 0 aliphatic heterocycles. The zero-order chi connectivity index (χ0) is 12.8. The lowest BCUT2D eigenvalue weighted by Gasteiger charge is -2.01. The highest BCUT2D eigenvalue weighted by atomic mass is 19.1. The van der Waals surface area contributed by atoms with Gasteiger partial charge in [-0.1, -0.05) is 0 Å². The maximum absolute atomic E-state index is 12.8. The van der Waals surface area contributed by atoms with E-state index in [1.54, 1.807) is 25.4 Å². The van der Waals surface area contributed by atoms with Gasteiger partial charge < -0.3 is 15.0 Å². The molecule has 96 valence electrons. The second kappa shape index (κ2) is 6.28. The molecular formula is C13H16FN3O. The van der Waals surface area contributed by atoms with E-state index in [2.05, 4.69) is 15.3 Å². The average molecular weight is 249 g/mol. The molecule has 1 aromatic carbocycles.